The quantitative estimate of drug-likeness (QED) is 0.887. The molecular weight excluding hydrogens is 231 g/mol. The smallest absolute Gasteiger partial charge is 0.133 e. The van der Waals surface area contributed by atoms with Crippen LogP contribution in [0.15, 0.2) is 42.5 Å². The van der Waals surface area contributed by atoms with Crippen LogP contribution in [0.4, 0.5) is 4.39 Å². The summed E-state index contributed by atoms with van der Waals surface area (Å²) in [5.74, 6) is 0.656. The third-order valence-corrected chi connectivity index (χ3v) is 2.74. The van der Waals surface area contributed by atoms with Gasteiger partial charge in [0.2, 0.25) is 0 Å². The maximum Gasteiger partial charge on any atom is 0.133 e. The predicted octanol–water partition coefficient (Wildman–Crippen LogP) is 3.98. The van der Waals surface area contributed by atoms with Gasteiger partial charge in [0.05, 0.1) is 6.10 Å². The molecule has 2 rings (SSSR count). The Morgan fingerprint density at radius 1 is 1.17 bits per heavy atom. The molecule has 1 N–H and O–H groups in total. The van der Waals surface area contributed by atoms with E-state index in [9.17, 15) is 9.50 Å². The van der Waals surface area contributed by atoms with Gasteiger partial charge in [0.15, 0.2) is 0 Å². The van der Waals surface area contributed by atoms with Gasteiger partial charge in [-0.05, 0) is 31.5 Å². The SMILES string of the molecule is Cc1ccc(Oc2ccccc2[C@H](C)O)cc1F. The number of benzene rings is 2. The molecule has 0 saturated carbocycles. The fourth-order valence-corrected chi connectivity index (χ4v) is 1.68. The Balaban J connectivity index is 2.31. The van der Waals surface area contributed by atoms with Crippen LogP contribution in [-0.4, -0.2) is 5.11 Å². The zero-order chi connectivity index (χ0) is 13.1. The van der Waals surface area contributed by atoms with Crippen molar-refractivity contribution in [1.29, 1.82) is 0 Å². The highest BCUT2D eigenvalue weighted by atomic mass is 19.1. The Bertz CT molecular complexity index is 550. The number of rotatable bonds is 3. The summed E-state index contributed by atoms with van der Waals surface area (Å²) in [7, 11) is 0. The standard InChI is InChI=1S/C15H15FO2/c1-10-7-8-12(9-14(10)16)18-15-6-4-3-5-13(15)11(2)17/h3-9,11,17H,1-2H3/t11-/m0/s1. The molecular formula is C15H15FO2. The van der Waals surface area contributed by atoms with E-state index >= 15 is 0 Å². The van der Waals surface area contributed by atoms with Crippen LogP contribution in [0.25, 0.3) is 0 Å². The van der Waals surface area contributed by atoms with Gasteiger partial charge in [-0.2, -0.15) is 0 Å². The average molecular weight is 246 g/mol. The van der Waals surface area contributed by atoms with Gasteiger partial charge in [-0.1, -0.05) is 24.3 Å². The molecule has 0 radical (unpaired) electrons. The average Bonchev–Trinajstić information content (AvgIpc) is 2.34. The number of halogens is 1. The molecule has 0 unspecified atom stereocenters. The minimum absolute atomic E-state index is 0.304. The highest BCUT2D eigenvalue weighted by Crippen LogP contribution is 2.29. The molecule has 0 fully saturated rings. The van der Waals surface area contributed by atoms with Crippen molar-refractivity contribution in [3.8, 4) is 11.5 Å². The van der Waals surface area contributed by atoms with E-state index in [0.29, 0.717) is 22.6 Å². The van der Waals surface area contributed by atoms with Crippen molar-refractivity contribution in [2.45, 2.75) is 20.0 Å². The van der Waals surface area contributed by atoms with Gasteiger partial charge in [0.25, 0.3) is 0 Å². The number of aliphatic hydroxyl groups excluding tert-OH is 1. The van der Waals surface area contributed by atoms with Gasteiger partial charge in [-0.25, -0.2) is 4.39 Å². The van der Waals surface area contributed by atoms with Crippen molar-refractivity contribution in [3.63, 3.8) is 0 Å². The third kappa shape index (κ3) is 2.68. The van der Waals surface area contributed by atoms with Gasteiger partial charge in [-0.3, -0.25) is 0 Å². The molecule has 2 aromatic rings. The molecule has 0 heterocycles. The minimum Gasteiger partial charge on any atom is -0.457 e. The van der Waals surface area contributed by atoms with Crippen LogP contribution in [0, 0.1) is 12.7 Å². The minimum atomic E-state index is -0.628. The predicted molar refractivity (Wildman–Crippen MR) is 68.3 cm³/mol. The van der Waals surface area contributed by atoms with Crippen molar-refractivity contribution in [2.75, 3.05) is 0 Å². The second-order valence-electron chi connectivity index (χ2n) is 4.23. The maximum absolute atomic E-state index is 13.4. The first-order chi connectivity index (χ1) is 8.58. The third-order valence-electron chi connectivity index (χ3n) is 2.74. The summed E-state index contributed by atoms with van der Waals surface area (Å²) in [6, 6.07) is 11.9. The summed E-state index contributed by atoms with van der Waals surface area (Å²) in [4.78, 5) is 0. The molecule has 0 aliphatic heterocycles. The lowest BCUT2D eigenvalue weighted by Crippen LogP contribution is -1.96. The molecule has 0 saturated heterocycles. The largest absolute Gasteiger partial charge is 0.457 e. The fourth-order valence-electron chi connectivity index (χ4n) is 1.68. The van der Waals surface area contributed by atoms with E-state index in [0.717, 1.165) is 0 Å². The topological polar surface area (TPSA) is 29.5 Å². The van der Waals surface area contributed by atoms with E-state index in [1.54, 1.807) is 38.1 Å². The number of hydrogen-bond acceptors (Lipinski definition) is 2. The highest BCUT2D eigenvalue weighted by Gasteiger charge is 2.09. The fraction of sp³-hybridized carbons (Fsp3) is 0.200. The Morgan fingerprint density at radius 3 is 2.56 bits per heavy atom. The summed E-state index contributed by atoms with van der Waals surface area (Å²) >= 11 is 0. The number of aryl methyl sites for hydroxylation is 1. The molecule has 0 aliphatic carbocycles. The van der Waals surface area contributed by atoms with Crippen LogP contribution in [0.1, 0.15) is 24.2 Å². The lowest BCUT2D eigenvalue weighted by atomic mass is 10.1. The van der Waals surface area contributed by atoms with Crippen LogP contribution in [-0.2, 0) is 0 Å². The first kappa shape index (κ1) is 12.6. The molecule has 0 amide bonds. The van der Waals surface area contributed by atoms with Crippen molar-refractivity contribution >= 4 is 0 Å². The second kappa shape index (κ2) is 5.19. The molecule has 0 aromatic heterocycles. The van der Waals surface area contributed by atoms with Crippen LogP contribution < -0.4 is 4.74 Å². The van der Waals surface area contributed by atoms with Crippen molar-refractivity contribution in [3.05, 3.63) is 59.4 Å². The number of ether oxygens (including phenoxy) is 1. The molecule has 0 bridgehead atoms. The summed E-state index contributed by atoms with van der Waals surface area (Å²) in [6.45, 7) is 3.36. The van der Waals surface area contributed by atoms with Gasteiger partial charge in [0.1, 0.15) is 17.3 Å². The zero-order valence-electron chi connectivity index (χ0n) is 10.4. The van der Waals surface area contributed by atoms with Crippen molar-refractivity contribution < 1.29 is 14.2 Å². The molecule has 3 heteroatoms. The van der Waals surface area contributed by atoms with Gasteiger partial charge < -0.3 is 9.84 Å². The van der Waals surface area contributed by atoms with E-state index in [4.69, 9.17) is 4.74 Å². The lowest BCUT2D eigenvalue weighted by Gasteiger charge is -2.13. The molecule has 0 aliphatic rings. The Morgan fingerprint density at radius 2 is 1.89 bits per heavy atom. The summed E-state index contributed by atoms with van der Waals surface area (Å²) in [5.41, 5.74) is 1.25. The van der Waals surface area contributed by atoms with E-state index < -0.39 is 6.10 Å². The molecule has 0 spiro atoms. The molecule has 18 heavy (non-hydrogen) atoms. The normalized spacial score (nSPS) is 12.2. The van der Waals surface area contributed by atoms with Crippen LogP contribution in [0.5, 0.6) is 11.5 Å². The van der Waals surface area contributed by atoms with Gasteiger partial charge >= 0.3 is 0 Å². The Labute approximate surface area is 106 Å². The molecule has 1 atom stereocenters. The van der Waals surface area contributed by atoms with E-state index in [1.807, 2.05) is 12.1 Å². The van der Waals surface area contributed by atoms with Crippen LogP contribution >= 0.6 is 0 Å². The summed E-state index contributed by atoms with van der Waals surface area (Å²) in [6.07, 6.45) is -0.628. The molecule has 2 aromatic carbocycles. The Kier molecular flexibility index (Phi) is 3.63. The number of hydrogen-bond donors (Lipinski definition) is 1. The Hall–Kier alpha value is -1.87. The van der Waals surface area contributed by atoms with E-state index in [2.05, 4.69) is 0 Å². The number of para-hydroxylation sites is 1. The summed E-state index contributed by atoms with van der Waals surface area (Å²) in [5, 5.41) is 9.63. The molecule has 94 valence electrons. The van der Waals surface area contributed by atoms with Crippen LogP contribution in [0.3, 0.4) is 0 Å². The second-order valence-corrected chi connectivity index (χ2v) is 4.23. The lowest BCUT2D eigenvalue weighted by molar-refractivity contribution is 0.195. The first-order valence-electron chi connectivity index (χ1n) is 5.79. The monoisotopic (exact) mass is 246 g/mol. The number of aliphatic hydroxyl groups is 1. The summed E-state index contributed by atoms with van der Waals surface area (Å²) < 4.78 is 19.0. The maximum atomic E-state index is 13.4. The van der Waals surface area contributed by atoms with Crippen molar-refractivity contribution in [1.82, 2.24) is 0 Å². The van der Waals surface area contributed by atoms with Crippen molar-refractivity contribution in [2.24, 2.45) is 0 Å². The van der Waals surface area contributed by atoms with E-state index in [1.165, 1.54) is 6.07 Å². The van der Waals surface area contributed by atoms with Gasteiger partial charge in [0, 0.05) is 11.6 Å². The van der Waals surface area contributed by atoms with E-state index in [-0.39, 0.29) is 5.82 Å². The van der Waals surface area contributed by atoms with Gasteiger partial charge in [-0.15, -0.1) is 0 Å². The first-order valence-corrected chi connectivity index (χ1v) is 5.79. The van der Waals surface area contributed by atoms with Crippen LogP contribution in [0.2, 0.25) is 0 Å². The molecule has 2 nitrogen and oxygen atoms in total. The zero-order valence-corrected chi connectivity index (χ0v) is 10.4. The highest BCUT2D eigenvalue weighted by molar-refractivity contribution is 5.39.